The number of carbonyl (C=O) groups is 1. The third-order valence-electron chi connectivity index (χ3n) is 7.88. The number of alkyl halides is 3. The lowest BCUT2D eigenvalue weighted by molar-refractivity contribution is -0.140. The standard InChI is InChI=1S/C25H30F4N4O/c1-31-9-8-30-23(31)24(34)33(12-17-6-7-22(26)21(10-17)25(27,28)29)15-20-18-13-32(14-19(18)20)11-16-4-2-3-5-16/h6-10,16,18-20H,2-5,11-15H2,1H3. The number of aromatic nitrogens is 2. The Labute approximate surface area is 196 Å². The lowest BCUT2D eigenvalue weighted by Gasteiger charge is -2.26. The average molecular weight is 479 g/mol. The number of carbonyl (C=O) groups excluding carboxylic acids is 1. The van der Waals surface area contributed by atoms with Crippen LogP contribution in [0, 0.1) is 29.5 Å². The molecule has 34 heavy (non-hydrogen) atoms. The molecule has 2 saturated carbocycles. The van der Waals surface area contributed by atoms with Gasteiger partial charge in [-0.3, -0.25) is 4.79 Å². The summed E-state index contributed by atoms with van der Waals surface area (Å²) in [6.45, 7) is 3.68. The topological polar surface area (TPSA) is 41.4 Å². The minimum Gasteiger partial charge on any atom is -0.331 e. The highest BCUT2D eigenvalue weighted by atomic mass is 19.4. The molecule has 2 aromatic rings. The summed E-state index contributed by atoms with van der Waals surface area (Å²) in [7, 11) is 1.71. The van der Waals surface area contributed by atoms with Crippen molar-refractivity contribution in [2.45, 2.75) is 38.4 Å². The molecule has 0 spiro atoms. The van der Waals surface area contributed by atoms with E-state index in [1.807, 2.05) is 0 Å². The van der Waals surface area contributed by atoms with Crippen LogP contribution in [0.25, 0.3) is 0 Å². The minimum absolute atomic E-state index is 0.0171. The van der Waals surface area contributed by atoms with Crippen molar-refractivity contribution >= 4 is 5.91 Å². The van der Waals surface area contributed by atoms with Gasteiger partial charge in [-0.25, -0.2) is 9.37 Å². The summed E-state index contributed by atoms with van der Waals surface area (Å²) in [4.78, 5) is 21.6. The first-order valence-corrected chi connectivity index (χ1v) is 12.1. The van der Waals surface area contributed by atoms with E-state index in [0.29, 0.717) is 24.3 Å². The fourth-order valence-corrected chi connectivity index (χ4v) is 6.01. The molecule has 3 aliphatic rings. The summed E-state index contributed by atoms with van der Waals surface area (Å²) in [5.41, 5.74) is -1.05. The van der Waals surface area contributed by atoms with E-state index in [0.717, 1.165) is 37.7 Å². The number of likely N-dealkylation sites (tertiary alicyclic amines) is 1. The number of piperidine rings is 1. The van der Waals surface area contributed by atoms with Crippen LogP contribution in [0.5, 0.6) is 0 Å². The summed E-state index contributed by atoms with van der Waals surface area (Å²) in [5.74, 6) is 0.807. The summed E-state index contributed by atoms with van der Waals surface area (Å²) in [6.07, 6.45) is 3.70. The molecular weight excluding hydrogens is 448 g/mol. The number of hydrogen-bond acceptors (Lipinski definition) is 3. The van der Waals surface area contributed by atoms with Crippen molar-refractivity contribution in [3.63, 3.8) is 0 Å². The summed E-state index contributed by atoms with van der Waals surface area (Å²) in [5, 5.41) is 0. The number of amides is 1. The summed E-state index contributed by atoms with van der Waals surface area (Å²) >= 11 is 0. The first kappa shape index (κ1) is 23.3. The van der Waals surface area contributed by atoms with Crippen LogP contribution in [0.3, 0.4) is 0 Å². The van der Waals surface area contributed by atoms with Gasteiger partial charge in [0.25, 0.3) is 5.91 Å². The molecule has 1 aromatic heterocycles. The Morgan fingerprint density at radius 2 is 1.88 bits per heavy atom. The molecule has 0 bridgehead atoms. The SMILES string of the molecule is Cn1ccnc1C(=O)N(Cc1ccc(F)c(C(F)(F)F)c1)CC1C2CN(CC3CCCC3)CC21. The Morgan fingerprint density at radius 1 is 1.18 bits per heavy atom. The van der Waals surface area contributed by atoms with Crippen LogP contribution in [-0.2, 0) is 19.8 Å². The van der Waals surface area contributed by atoms with Gasteiger partial charge in [0.2, 0.25) is 0 Å². The molecule has 1 amide bonds. The maximum atomic E-state index is 13.8. The number of hydrogen-bond donors (Lipinski definition) is 0. The quantitative estimate of drug-likeness (QED) is 0.547. The smallest absolute Gasteiger partial charge is 0.331 e. The molecule has 5 rings (SSSR count). The summed E-state index contributed by atoms with van der Waals surface area (Å²) in [6, 6.07) is 2.96. The fourth-order valence-electron chi connectivity index (χ4n) is 6.01. The summed E-state index contributed by atoms with van der Waals surface area (Å²) < 4.78 is 55.0. The van der Waals surface area contributed by atoms with Crippen molar-refractivity contribution in [1.29, 1.82) is 0 Å². The molecule has 1 aromatic carbocycles. The zero-order chi connectivity index (χ0) is 24.0. The van der Waals surface area contributed by atoms with E-state index in [9.17, 15) is 22.4 Å². The Bertz CT molecular complexity index is 1030. The third-order valence-corrected chi connectivity index (χ3v) is 7.88. The Morgan fingerprint density at radius 3 is 2.50 bits per heavy atom. The monoisotopic (exact) mass is 478 g/mol. The van der Waals surface area contributed by atoms with Gasteiger partial charge in [-0.2, -0.15) is 13.2 Å². The number of benzene rings is 1. The zero-order valence-corrected chi connectivity index (χ0v) is 19.3. The van der Waals surface area contributed by atoms with Crippen molar-refractivity contribution in [2.24, 2.45) is 30.7 Å². The minimum atomic E-state index is -4.79. The molecule has 2 aliphatic carbocycles. The van der Waals surface area contributed by atoms with Crippen LogP contribution in [0.4, 0.5) is 17.6 Å². The van der Waals surface area contributed by atoms with Crippen LogP contribution < -0.4 is 0 Å². The van der Waals surface area contributed by atoms with E-state index >= 15 is 0 Å². The lowest BCUT2D eigenvalue weighted by atomic mass is 10.1. The highest BCUT2D eigenvalue weighted by Crippen LogP contribution is 2.52. The largest absolute Gasteiger partial charge is 0.419 e. The van der Waals surface area contributed by atoms with Crippen molar-refractivity contribution in [3.05, 3.63) is 53.4 Å². The van der Waals surface area contributed by atoms with Gasteiger partial charge in [0.1, 0.15) is 5.82 Å². The normalized spacial score (nSPS) is 25.0. The number of aryl methyl sites for hydroxylation is 1. The van der Waals surface area contributed by atoms with E-state index in [4.69, 9.17) is 0 Å². The third kappa shape index (κ3) is 4.72. The van der Waals surface area contributed by atoms with E-state index < -0.39 is 17.6 Å². The Hall–Kier alpha value is -2.42. The number of nitrogens with zero attached hydrogens (tertiary/aromatic N) is 4. The van der Waals surface area contributed by atoms with Crippen molar-refractivity contribution in [1.82, 2.24) is 19.4 Å². The van der Waals surface area contributed by atoms with E-state index in [2.05, 4.69) is 9.88 Å². The molecule has 5 nitrogen and oxygen atoms in total. The molecule has 1 saturated heterocycles. The first-order valence-electron chi connectivity index (χ1n) is 12.1. The molecule has 2 unspecified atom stereocenters. The predicted molar refractivity (Wildman–Crippen MR) is 118 cm³/mol. The van der Waals surface area contributed by atoms with Crippen LogP contribution in [0.15, 0.2) is 30.6 Å². The van der Waals surface area contributed by atoms with Crippen LogP contribution in [0.2, 0.25) is 0 Å². The van der Waals surface area contributed by atoms with Gasteiger partial charge < -0.3 is 14.4 Å². The van der Waals surface area contributed by atoms with Crippen molar-refractivity contribution in [3.8, 4) is 0 Å². The second-order valence-electron chi connectivity index (χ2n) is 10.2. The van der Waals surface area contributed by atoms with Gasteiger partial charge in [0.05, 0.1) is 5.56 Å². The Kier molecular flexibility index (Phi) is 6.16. The van der Waals surface area contributed by atoms with Crippen LogP contribution >= 0.6 is 0 Å². The highest BCUT2D eigenvalue weighted by molar-refractivity contribution is 5.90. The predicted octanol–water partition coefficient (Wildman–Crippen LogP) is 4.59. The second kappa shape index (κ2) is 8.98. The van der Waals surface area contributed by atoms with Crippen molar-refractivity contribution in [2.75, 3.05) is 26.2 Å². The van der Waals surface area contributed by atoms with Crippen LogP contribution in [0.1, 0.15) is 47.4 Å². The Balaban J connectivity index is 1.29. The van der Waals surface area contributed by atoms with Gasteiger partial charge in [-0.05, 0) is 54.2 Å². The lowest BCUT2D eigenvalue weighted by Crippen LogP contribution is -2.37. The maximum absolute atomic E-state index is 13.8. The number of imidazole rings is 1. The maximum Gasteiger partial charge on any atom is 0.419 e. The molecular formula is C25H30F4N4O. The van der Waals surface area contributed by atoms with Gasteiger partial charge in [-0.15, -0.1) is 0 Å². The molecule has 0 radical (unpaired) electrons. The van der Waals surface area contributed by atoms with Gasteiger partial charge >= 0.3 is 6.18 Å². The highest BCUT2D eigenvalue weighted by Gasteiger charge is 2.56. The number of halogens is 4. The van der Waals surface area contributed by atoms with E-state index in [1.165, 1.54) is 37.9 Å². The second-order valence-corrected chi connectivity index (χ2v) is 10.2. The zero-order valence-electron chi connectivity index (χ0n) is 19.3. The fraction of sp³-hybridized carbons (Fsp3) is 0.600. The van der Waals surface area contributed by atoms with Crippen molar-refractivity contribution < 1.29 is 22.4 Å². The van der Waals surface area contributed by atoms with Gasteiger partial charge in [0.15, 0.2) is 5.82 Å². The molecule has 0 N–H and O–H groups in total. The van der Waals surface area contributed by atoms with E-state index in [1.54, 1.807) is 22.7 Å². The first-order chi connectivity index (χ1) is 16.2. The molecule has 3 fully saturated rings. The number of fused-ring (bicyclic) bond motifs is 1. The molecule has 2 atom stereocenters. The average Bonchev–Trinajstić information content (AvgIpc) is 3.28. The molecule has 184 valence electrons. The number of rotatable bonds is 7. The van der Waals surface area contributed by atoms with Crippen LogP contribution in [-0.4, -0.2) is 51.4 Å². The van der Waals surface area contributed by atoms with Gasteiger partial charge in [-0.1, -0.05) is 18.9 Å². The molecule has 1 aliphatic heterocycles. The van der Waals surface area contributed by atoms with Gasteiger partial charge in [0, 0.05) is 52.2 Å². The van der Waals surface area contributed by atoms with E-state index in [-0.39, 0.29) is 23.8 Å². The molecule has 9 heteroatoms. The molecule has 2 heterocycles.